The Hall–Kier alpha value is -4.94. The second-order valence-electron chi connectivity index (χ2n) is 8.54. The van der Waals surface area contributed by atoms with E-state index in [2.05, 4.69) is 30.1 Å². The highest BCUT2D eigenvalue weighted by Crippen LogP contribution is 2.26. The fourth-order valence-electron chi connectivity index (χ4n) is 4.18. The van der Waals surface area contributed by atoms with Gasteiger partial charge in [-0.05, 0) is 26.0 Å². The van der Waals surface area contributed by atoms with Crippen LogP contribution in [0.2, 0.25) is 0 Å². The number of hydrogen-bond acceptors (Lipinski definition) is 8. The first-order valence-electron chi connectivity index (χ1n) is 11.9. The molecule has 12 nitrogen and oxygen atoms in total. The maximum atomic E-state index is 14.9. The molecule has 38 heavy (non-hydrogen) atoms. The molecule has 0 saturated heterocycles. The molecule has 0 aliphatic rings. The van der Waals surface area contributed by atoms with E-state index in [0.29, 0.717) is 24.7 Å². The van der Waals surface area contributed by atoms with Crippen LogP contribution in [0.4, 0.5) is 10.2 Å². The van der Waals surface area contributed by atoms with E-state index < -0.39 is 17.5 Å². The highest BCUT2D eigenvalue weighted by Gasteiger charge is 2.28. The van der Waals surface area contributed by atoms with Crippen LogP contribution >= 0.6 is 0 Å². The maximum absolute atomic E-state index is 14.9. The highest BCUT2D eigenvalue weighted by molar-refractivity contribution is 6.45. The van der Waals surface area contributed by atoms with E-state index in [9.17, 15) is 14.0 Å². The number of H-pyrrole nitrogens is 1. The standard InChI is InChI=1S/C25H25FN10O2/c1-4-34(12-11-33(3)20-8-10-31-36(20)19-7-5-6-9-27-19)25(38)23(37)17-13-28-22-21(17)18(26)14-29-24(22)35-15-30-16(2)32-35/h5-10,13-15,28H,4,11-12H2,1-3H3. The van der Waals surface area contributed by atoms with Crippen molar-refractivity contribution in [2.45, 2.75) is 13.8 Å². The number of hydrogen-bond donors (Lipinski definition) is 1. The fraction of sp³-hybridized carbons (Fsp3) is 0.240. The van der Waals surface area contributed by atoms with Crippen LogP contribution < -0.4 is 4.90 Å². The normalized spacial score (nSPS) is 11.2. The lowest BCUT2D eigenvalue weighted by Gasteiger charge is -2.25. The first kappa shape index (κ1) is 24.7. The van der Waals surface area contributed by atoms with Crippen molar-refractivity contribution >= 4 is 28.4 Å². The maximum Gasteiger partial charge on any atom is 0.295 e. The third kappa shape index (κ3) is 4.49. The first-order chi connectivity index (χ1) is 18.4. The second-order valence-corrected chi connectivity index (χ2v) is 8.54. The van der Waals surface area contributed by atoms with Gasteiger partial charge in [0.15, 0.2) is 17.5 Å². The SMILES string of the molecule is CCN(CCN(C)c1ccnn1-c1ccccn1)C(=O)C(=O)c1c[nH]c2c(-n3cnc(C)n3)ncc(F)c12. The van der Waals surface area contributed by atoms with Gasteiger partial charge in [0.25, 0.3) is 11.7 Å². The van der Waals surface area contributed by atoms with Crippen molar-refractivity contribution < 1.29 is 14.0 Å². The van der Waals surface area contributed by atoms with Gasteiger partial charge in [-0.2, -0.15) is 14.9 Å². The molecule has 0 aliphatic carbocycles. The van der Waals surface area contributed by atoms with Gasteiger partial charge in [-0.15, -0.1) is 0 Å². The molecule has 0 unspecified atom stereocenters. The van der Waals surface area contributed by atoms with Crippen LogP contribution in [0.5, 0.6) is 0 Å². The van der Waals surface area contributed by atoms with Crippen LogP contribution in [0.15, 0.2) is 55.4 Å². The predicted molar refractivity (Wildman–Crippen MR) is 137 cm³/mol. The van der Waals surface area contributed by atoms with Crippen molar-refractivity contribution in [1.82, 2.24) is 44.4 Å². The van der Waals surface area contributed by atoms with Crippen LogP contribution in [0.3, 0.4) is 0 Å². The number of fused-ring (bicyclic) bond motifs is 1. The van der Waals surface area contributed by atoms with Crippen molar-refractivity contribution in [2.24, 2.45) is 0 Å². The molecule has 0 atom stereocenters. The summed E-state index contributed by atoms with van der Waals surface area (Å²) in [6, 6.07) is 7.38. The van der Waals surface area contributed by atoms with Crippen molar-refractivity contribution in [1.29, 1.82) is 0 Å². The number of pyridine rings is 2. The number of anilines is 1. The summed E-state index contributed by atoms with van der Waals surface area (Å²) in [6.45, 7) is 4.48. The average Bonchev–Trinajstić information content (AvgIpc) is 3.69. The van der Waals surface area contributed by atoms with E-state index in [1.54, 1.807) is 30.9 Å². The van der Waals surface area contributed by atoms with Crippen LogP contribution in [0.25, 0.3) is 22.5 Å². The van der Waals surface area contributed by atoms with Crippen molar-refractivity contribution in [2.75, 3.05) is 31.6 Å². The lowest BCUT2D eigenvalue weighted by molar-refractivity contribution is -0.126. The molecule has 5 aromatic rings. The van der Waals surface area contributed by atoms with Crippen LogP contribution in [-0.4, -0.2) is 82.8 Å². The van der Waals surface area contributed by atoms with Crippen LogP contribution in [0.1, 0.15) is 23.1 Å². The van der Waals surface area contributed by atoms with Gasteiger partial charge in [-0.25, -0.2) is 24.0 Å². The summed E-state index contributed by atoms with van der Waals surface area (Å²) in [4.78, 5) is 45.2. The van der Waals surface area contributed by atoms with Crippen LogP contribution in [-0.2, 0) is 4.79 Å². The summed E-state index contributed by atoms with van der Waals surface area (Å²) in [7, 11) is 1.87. The number of nitrogens with zero attached hydrogens (tertiary/aromatic N) is 9. The molecular weight excluding hydrogens is 491 g/mol. The van der Waals surface area contributed by atoms with E-state index >= 15 is 0 Å². The summed E-state index contributed by atoms with van der Waals surface area (Å²) in [6.07, 6.45) is 7.12. The number of aromatic nitrogens is 8. The Labute approximate surface area is 216 Å². The summed E-state index contributed by atoms with van der Waals surface area (Å²) in [5, 5.41) is 8.53. The van der Waals surface area contributed by atoms with E-state index in [4.69, 9.17) is 0 Å². The smallest absolute Gasteiger partial charge is 0.295 e. The van der Waals surface area contributed by atoms with Gasteiger partial charge >= 0.3 is 0 Å². The third-order valence-corrected chi connectivity index (χ3v) is 6.16. The third-order valence-electron chi connectivity index (χ3n) is 6.16. The minimum Gasteiger partial charge on any atom is -0.358 e. The molecule has 0 aliphatic heterocycles. The van der Waals surface area contributed by atoms with Crippen molar-refractivity contribution in [3.8, 4) is 11.6 Å². The Kier molecular flexibility index (Phi) is 6.64. The predicted octanol–water partition coefficient (Wildman–Crippen LogP) is 2.34. The molecule has 0 saturated carbocycles. The molecule has 5 rings (SSSR count). The number of nitrogens with one attached hydrogen (secondary N) is 1. The summed E-state index contributed by atoms with van der Waals surface area (Å²) >= 11 is 0. The lowest BCUT2D eigenvalue weighted by atomic mass is 10.1. The van der Waals surface area contributed by atoms with Gasteiger partial charge < -0.3 is 14.8 Å². The number of ketones is 1. The topological polar surface area (TPSA) is 131 Å². The van der Waals surface area contributed by atoms with Gasteiger partial charge in [0.05, 0.1) is 28.9 Å². The largest absolute Gasteiger partial charge is 0.358 e. The number of halogens is 1. The summed E-state index contributed by atoms with van der Waals surface area (Å²) in [5.74, 6) is -0.0428. The van der Waals surface area contributed by atoms with E-state index in [-0.39, 0.29) is 28.8 Å². The van der Waals surface area contributed by atoms with E-state index in [1.807, 2.05) is 36.2 Å². The Morgan fingerprint density at radius 3 is 2.66 bits per heavy atom. The van der Waals surface area contributed by atoms with Gasteiger partial charge in [0.1, 0.15) is 18.0 Å². The van der Waals surface area contributed by atoms with Crippen molar-refractivity contribution in [3.05, 3.63) is 72.6 Å². The highest BCUT2D eigenvalue weighted by atomic mass is 19.1. The molecule has 5 aromatic heterocycles. The van der Waals surface area contributed by atoms with Gasteiger partial charge in [0.2, 0.25) is 0 Å². The molecular formula is C25H25FN10O2. The number of likely N-dealkylation sites (N-methyl/N-ethyl adjacent to an activating group) is 2. The Morgan fingerprint density at radius 1 is 1.11 bits per heavy atom. The quantitative estimate of drug-likeness (QED) is 0.233. The Bertz CT molecular complexity index is 1610. The van der Waals surface area contributed by atoms with Gasteiger partial charge in [0, 0.05) is 45.1 Å². The Balaban J connectivity index is 1.35. The molecule has 0 radical (unpaired) electrons. The zero-order valence-corrected chi connectivity index (χ0v) is 21.0. The molecule has 0 fully saturated rings. The van der Waals surface area contributed by atoms with Gasteiger partial charge in [-0.3, -0.25) is 9.59 Å². The number of aromatic amines is 1. The average molecular weight is 517 g/mol. The zero-order valence-electron chi connectivity index (χ0n) is 21.0. The number of carbonyl (C=O) groups is 2. The monoisotopic (exact) mass is 516 g/mol. The summed E-state index contributed by atoms with van der Waals surface area (Å²) < 4.78 is 17.9. The molecule has 5 heterocycles. The number of Topliss-reactive ketones (excluding diaryl/α,β-unsaturated/α-hetero) is 1. The number of aryl methyl sites for hydroxylation is 1. The molecule has 13 heteroatoms. The van der Waals surface area contributed by atoms with Crippen molar-refractivity contribution in [3.63, 3.8) is 0 Å². The number of amides is 1. The molecule has 0 bridgehead atoms. The Morgan fingerprint density at radius 2 is 1.95 bits per heavy atom. The van der Waals surface area contributed by atoms with Gasteiger partial charge in [-0.1, -0.05) is 6.07 Å². The molecule has 0 spiro atoms. The van der Waals surface area contributed by atoms with E-state index in [0.717, 1.165) is 12.0 Å². The summed E-state index contributed by atoms with van der Waals surface area (Å²) in [5.41, 5.74) is 0.180. The molecule has 194 valence electrons. The lowest BCUT2D eigenvalue weighted by Crippen LogP contribution is -2.41. The molecule has 0 aromatic carbocycles. The number of rotatable bonds is 9. The number of carbonyl (C=O) groups excluding carboxylic acids is 2. The minimum absolute atomic E-state index is 0.0195. The second kappa shape index (κ2) is 10.2. The van der Waals surface area contributed by atoms with Crippen LogP contribution in [0, 0.1) is 12.7 Å². The first-order valence-corrected chi connectivity index (χ1v) is 11.9. The fourth-order valence-corrected chi connectivity index (χ4v) is 4.18. The minimum atomic E-state index is -0.815. The molecule has 1 amide bonds. The molecule has 1 N–H and O–H groups in total. The zero-order chi connectivity index (χ0) is 26.8. The van der Waals surface area contributed by atoms with E-state index in [1.165, 1.54) is 22.1 Å².